The van der Waals surface area contributed by atoms with Gasteiger partial charge in [-0.2, -0.15) is 0 Å². The number of halogens is 1. The number of carbonyl (C=O) groups excluding carboxylic acids is 1. The molecule has 0 radical (unpaired) electrons. The molecule has 38 heavy (non-hydrogen) atoms. The molecule has 0 bridgehead atoms. The van der Waals surface area contributed by atoms with Crippen molar-refractivity contribution >= 4 is 44.9 Å². The number of hydrogen-bond donors (Lipinski definition) is 1. The minimum Gasteiger partial charge on any atom is -0.497 e. The number of aromatic nitrogens is 1. The van der Waals surface area contributed by atoms with E-state index in [0.29, 0.717) is 22.5 Å². The van der Waals surface area contributed by atoms with Gasteiger partial charge in [-0.1, -0.05) is 76.6 Å². The van der Waals surface area contributed by atoms with Crippen molar-refractivity contribution < 1.29 is 14.6 Å². The van der Waals surface area contributed by atoms with Crippen LogP contribution >= 0.6 is 15.9 Å². The molecule has 1 amide bonds. The first kappa shape index (κ1) is 23.8. The summed E-state index contributed by atoms with van der Waals surface area (Å²) in [5.41, 5.74) is 5.57. The van der Waals surface area contributed by atoms with Crippen LogP contribution in [0.2, 0.25) is 0 Å². The molecule has 186 valence electrons. The highest BCUT2D eigenvalue weighted by Crippen LogP contribution is 2.54. The molecule has 0 saturated carbocycles. The largest absolute Gasteiger partial charge is 0.497 e. The highest BCUT2D eigenvalue weighted by molar-refractivity contribution is 9.10. The lowest BCUT2D eigenvalue weighted by Crippen LogP contribution is -2.21. The number of nitrogens with zero attached hydrogens (tertiary/aromatic N) is 2. The van der Waals surface area contributed by atoms with Gasteiger partial charge < -0.3 is 9.84 Å². The summed E-state index contributed by atoms with van der Waals surface area (Å²) >= 11 is 3.53. The third-order valence-electron chi connectivity index (χ3n) is 6.62. The number of ether oxygens (including phenoxy) is 1. The lowest BCUT2D eigenvalue weighted by atomic mass is 10.00. The number of methoxy groups -OCH3 is 1. The normalized spacial score (nSPS) is 13.7. The molecule has 1 N–H and O–H groups in total. The molecule has 4 aromatic carbocycles. The molecule has 0 fully saturated rings. The molecule has 0 atom stereocenters. The van der Waals surface area contributed by atoms with E-state index in [9.17, 15) is 9.90 Å². The average molecular weight is 563 g/mol. The molecule has 0 aliphatic carbocycles. The number of carbonyl (C=O) groups is 1. The maximum absolute atomic E-state index is 14.1. The number of aromatic hydroxyl groups is 1. The second-order valence-electron chi connectivity index (χ2n) is 8.88. The van der Waals surface area contributed by atoms with Gasteiger partial charge in [-0.25, -0.2) is 0 Å². The van der Waals surface area contributed by atoms with Crippen LogP contribution < -0.4 is 9.64 Å². The van der Waals surface area contributed by atoms with Crippen LogP contribution in [-0.2, 0) is 4.79 Å². The van der Waals surface area contributed by atoms with Crippen molar-refractivity contribution in [2.45, 2.75) is 0 Å². The van der Waals surface area contributed by atoms with E-state index in [1.165, 1.54) is 0 Å². The van der Waals surface area contributed by atoms with Crippen LogP contribution in [0.25, 0.3) is 28.6 Å². The van der Waals surface area contributed by atoms with Crippen molar-refractivity contribution in [3.63, 3.8) is 0 Å². The SMILES string of the molecule is COc1ccc(C=C2C(=O)N(c3ccccc3)c3c2c(-c2ccc(Br)cc2)n(-c2ccccc2)c3O)cc1. The molecule has 5 nitrogen and oxygen atoms in total. The van der Waals surface area contributed by atoms with Gasteiger partial charge in [0.25, 0.3) is 5.91 Å². The predicted octanol–water partition coefficient (Wildman–Crippen LogP) is 7.84. The molecule has 1 aromatic heterocycles. The number of para-hydroxylation sites is 2. The Labute approximate surface area is 229 Å². The lowest BCUT2D eigenvalue weighted by Gasteiger charge is -2.19. The van der Waals surface area contributed by atoms with E-state index in [-0.39, 0.29) is 11.8 Å². The molecular weight excluding hydrogens is 540 g/mol. The zero-order chi connectivity index (χ0) is 26.2. The Balaban J connectivity index is 1.68. The number of fused-ring (bicyclic) bond motifs is 1. The second-order valence-corrected chi connectivity index (χ2v) is 9.80. The second kappa shape index (κ2) is 9.72. The molecule has 1 aliphatic rings. The van der Waals surface area contributed by atoms with Crippen molar-refractivity contribution in [2.24, 2.45) is 0 Å². The van der Waals surface area contributed by atoms with Crippen molar-refractivity contribution in [3.8, 4) is 28.6 Å². The zero-order valence-corrected chi connectivity index (χ0v) is 22.1. The van der Waals surface area contributed by atoms with E-state index >= 15 is 0 Å². The van der Waals surface area contributed by atoms with Gasteiger partial charge in [0.1, 0.15) is 11.4 Å². The van der Waals surface area contributed by atoms with Crippen LogP contribution in [0, 0.1) is 0 Å². The summed E-state index contributed by atoms with van der Waals surface area (Å²) < 4.78 is 8.07. The highest BCUT2D eigenvalue weighted by atomic mass is 79.9. The van der Waals surface area contributed by atoms with Gasteiger partial charge in [0.2, 0.25) is 5.88 Å². The Morgan fingerprint density at radius 3 is 2.00 bits per heavy atom. The van der Waals surface area contributed by atoms with Gasteiger partial charge in [0.05, 0.1) is 18.4 Å². The van der Waals surface area contributed by atoms with Gasteiger partial charge in [0, 0.05) is 21.4 Å². The molecule has 2 heterocycles. The summed E-state index contributed by atoms with van der Waals surface area (Å²) in [4.78, 5) is 15.7. The van der Waals surface area contributed by atoms with E-state index in [1.54, 1.807) is 12.0 Å². The third-order valence-corrected chi connectivity index (χ3v) is 7.15. The summed E-state index contributed by atoms with van der Waals surface area (Å²) in [5, 5.41) is 11.8. The van der Waals surface area contributed by atoms with Crippen molar-refractivity contribution in [2.75, 3.05) is 12.0 Å². The van der Waals surface area contributed by atoms with Crippen LogP contribution in [0.5, 0.6) is 11.6 Å². The van der Waals surface area contributed by atoms with E-state index in [0.717, 1.165) is 32.7 Å². The van der Waals surface area contributed by atoms with Gasteiger partial charge >= 0.3 is 0 Å². The van der Waals surface area contributed by atoms with Crippen molar-refractivity contribution in [1.82, 2.24) is 4.57 Å². The maximum atomic E-state index is 14.1. The fourth-order valence-corrected chi connectivity index (χ4v) is 5.14. The molecule has 6 heteroatoms. The number of benzene rings is 4. The Morgan fingerprint density at radius 2 is 1.39 bits per heavy atom. The minimum absolute atomic E-state index is 0.000507. The Hall–Kier alpha value is -4.55. The predicted molar refractivity (Wildman–Crippen MR) is 155 cm³/mol. The molecule has 6 rings (SSSR count). The van der Waals surface area contributed by atoms with Gasteiger partial charge in [-0.3, -0.25) is 14.3 Å². The lowest BCUT2D eigenvalue weighted by molar-refractivity contribution is -0.112. The first-order valence-corrected chi connectivity index (χ1v) is 12.9. The summed E-state index contributed by atoms with van der Waals surface area (Å²) in [7, 11) is 1.62. The van der Waals surface area contributed by atoms with Crippen LogP contribution in [0.3, 0.4) is 0 Å². The maximum Gasteiger partial charge on any atom is 0.263 e. The standard InChI is InChI=1S/C32H23BrN2O3/c1-38-26-18-12-21(13-19-26)20-27-28-29(22-14-16-23(33)17-15-22)34(24-8-4-2-5-9-24)32(37)30(28)35(31(27)36)25-10-6-3-7-11-25/h2-20,37H,1H3. The first-order chi connectivity index (χ1) is 18.6. The van der Waals surface area contributed by atoms with E-state index in [2.05, 4.69) is 15.9 Å². The number of anilines is 2. The fourth-order valence-electron chi connectivity index (χ4n) is 4.88. The van der Waals surface area contributed by atoms with Crippen LogP contribution in [-0.4, -0.2) is 22.7 Å². The van der Waals surface area contributed by atoms with Crippen LogP contribution in [0.15, 0.2) is 114 Å². The first-order valence-electron chi connectivity index (χ1n) is 12.1. The highest BCUT2D eigenvalue weighted by Gasteiger charge is 2.42. The smallest absolute Gasteiger partial charge is 0.263 e. The number of hydrogen-bond acceptors (Lipinski definition) is 3. The molecule has 5 aromatic rings. The van der Waals surface area contributed by atoms with Gasteiger partial charge in [-0.05, 0) is 65.7 Å². The molecule has 0 unspecified atom stereocenters. The fraction of sp³-hybridized carbons (Fsp3) is 0.0312. The molecular formula is C32H23BrN2O3. The molecule has 1 aliphatic heterocycles. The van der Waals surface area contributed by atoms with Crippen molar-refractivity contribution in [3.05, 3.63) is 125 Å². The Bertz CT molecular complexity index is 1660. The summed E-state index contributed by atoms with van der Waals surface area (Å²) in [6.45, 7) is 0. The topological polar surface area (TPSA) is 54.7 Å². The van der Waals surface area contributed by atoms with Crippen LogP contribution in [0.1, 0.15) is 11.1 Å². The molecule has 0 saturated heterocycles. The summed E-state index contributed by atoms with van der Waals surface area (Å²) in [5.74, 6) is 0.533. The third kappa shape index (κ3) is 3.99. The Kier molecular flexibility index (Phi) is 6.10. The van der Waals surface area contributed by atoms with E-state index in [1.807, 2.05) is 120 Å². The summed E-state index contributed by atoms with van der Waals surface area (Å²) in [6.07, 6.45) is 1.88. The van der Waals surface area contributed by atoms with Gasteiger partial charge in [0.15, 0.2) is 0 Å². The van der Waals surface area contributed by atoms with E-state index in [4.69, 9.17) is 4.74 Å². The van der Waals surface area contributed by atoms with Gasteiger partial charge in [-0.15, -0.1) is 0 Å². The van der Waals surface area contributed by atoms with Crippen LogP contribution in [0.4, 0.5) is 11.4 Å². The quantitative estimate of drug-likeness (QED) is 0.222. The Morgan fingerprint density at radius 1 is 0.789 bits per heavy atom. The monoisotopic (exact) mass is 562 g/mol. The minimum atomic E-state index is -0.203. The zero-order valence-electron chi connectivity index (χ0n) is 20.5. The van der Waals surface area contributed by atoms with E-state index < -0.39 is 0 Å². The summed E-state index contributed by atoms with van der Waals surface area (Å²) in [6, 6.07) is 34.5. The van der Waals surface area contributed by atoms with Crippen molar-refractivity contribution in [1.29, 1.82) is 0 Å². The average Bonchev–Trinajstić information content (AvgIpc) is 3.41. The number of rotatable bonds is 5. The molecule has 0 spiro atoms. The number of amides is 1.